The van der Waals surface area contributed by atoms with Gasteiger partial charge in [0.1, 0.15) is 0 Å². The van der Waals surface area contributed by atoms with Gasteiger partial charge >= 0.3 is 29.6 Å². The maximum Gasteiger partial charge on any atom is 1.00 e. The van der Waals surface area contributed by atoms with Crippen LogP contribution in [0.15, 0.2) is 18.2 Å². The average molecular weight is 327 g/mol. The fourth-order valence-corrected chi connectivity index (χ4v) is 1.44. The van der Waals surface area contributed by atoms with E-state index in [2.05, 4.69) is 0 Å². The van der Waals surface area contributed by atoms with E-state index in [4.69, 9.17) is 5.73 Å². The first-order valence-corrected chi connectivity index (χ1v) is 5.29. The van der Waals surface area contributed by atoms with E-state index in [1.165, 1.54) is 18.2 Å². The quantitative estimate of drug-likeness (QED) is 0.215. The summed E-state index contributed by atoms with van der Waals surface area (Å²) in [7, 11) is 0. The molecule has 0 aliphatic carbocycles. The number of carbonyl (C=O) groups excluding carboxylic acids is 2. The molecule has 6 heteroatoms. The zero-order chi connectivity index (χ0) is 10.7. The van der Waals surface area contributed by atoms with Crippen molar-refractivity contribution in [2.24, 2.45) is 0 Å². The topological polar surface area (TPSA) is 83.2 Å². The number of carbonyl (C=O) groups is 2. The molecule has 0 saturated heterocycles. The first kappa shape index (κ1) is 14.9. The summed E-state index contributed by atoms with van der Waals surface area (Å²) in [6.45, 7) is 0. The first-order valence-electron chi connectivity index (χ1n) is 3.76. The Labute approximate surface area is 123 Å². The number of Topliss-reactive ketones (excluding diaryl/α,β-unsaturated/α-hetero) is 1. The van der Waals surface area contributed by atoms with Crippen LogP contribution in [0.5, 0.6) is 0 Å². The number of nitrogen functional groups attached to an aromatic ring is 1. The maximum absolute atomic E-state index is 11.2. The van der Waals surface area contributed by atoms with E-state index < -0.39 is 5.97 Å². The van der Waals surface area contributed by atoms with E-state index in [0.717, 1.165) is 0 Å². The summed E-state index contributed by atoms with van der Waals surface area (Å²) < 4.78 is 0.335. The van der Waals surface area contributed by atoms with Gasteiger partial charge in [-0.05, 0) is 6.07 Å². The molecule has 0 aliphatic rings. The van der Waals surface area contributed by atoms with Crippen molar-refractivity contribution in [1.82, 2.24) is 0 Å². The molecule has 0 heterocycles. The van der Waals surface area contributed by atoms with Crippen LogP contribution in [0.25, 0.3) is 0 Å². The fraction of sp³-hybridized carbons (Fsp3) is 0.111. The zero-order valence-corrected chi connectivity index (χ0v) is 12.3. The van der Waals surface area contributed by atoms with Crippen LogP contribution in [0.4, 0.5) is 5.69 Å². The Hall–Kier alpha value is -0.110. The molecular weight excluding hydrogens is 320 g/mol. The summed E-state index contributed by atoms with van der Waals surface area (Å²) in [5.41, 5.74) is 5.83. The van der Waals surface area contributed by atoms with Crippen LogP contribution < -0.4 is 40.4 Å². The minimum absolute atomic E-state index is 0. The van der Waals surface area contributed by atoms with Crippen molar-refractivity contribution in [3.05, 3.63) is 29.3 Å². The molecule has 0 aliphatic heterocycles. The van der Waals surface area contributed by atoms with Gasteiger partial charge in [0.2, 0.25) is 0 Å². The average Bonchev–Trinajstić information content (AvgIpc) is 2.15. The van der Waals surface area contributed by atoms with E-state index in [1.807, 2.05) is 22.6 Å². The van der Waals surface area contributed by atoms with Crippen LogP contribution in [-0.4, -0.2) is 16.2 Å². The molecule has 0 saturated carbocycles. The van der Waals surface area contributed by atoms with E-state index in [-0.39, 0.29) is 46.6 Å². The SMILES string of the molecule is Nc1cc(C(=O)CI)ccc1C(=O)[O-].[Na+]. The van der Waals surface area contributed by atoms with Crippen molar-refractivity contribution in [3.63, 3.8) is 0 Å². The molecule has 74 valence electrons. The number of ketones is 1. The molecule has 2 N–H and O–H groups in total. The van der Waals surface area contributed by atoms with Gasteiger partial charge in [-0.25, -0.2) is 0 Å². The summed E-state index contributed by atoms with van der Waals surface area (Å²) in [6, 6.07) is 4.07. The second kappa shape index (κ2) is 6.47. The second-order valence-corrected chi connectivity index (χ2v) is 3.41. The molecule has 0 bridgehead atoms. The number of carboxylic acid groups (broad SMARTS) is 1. The van der Waals surface area contributed by atoms with Gasteiger partial charge in [0.25, 0.3) is 0 Å². The number of benzene rings is 1. The van der Waals surface area contributed by atoms with Crippen LogP contribution in [0, 0.1) is 0 Å². The van der Waals surface area contributed by atoms with Gasteiger partial charge in [-0.15, -0.1) is 0 Å². The third-order valence-electron chi connectivity index (χ3n) is 1.71. The predicted octanol–water partition coefficient (Wildman–Crippen LogP) is -2.75. The summed E-state index contributed by atoms with van der Waals surface area (Å²) >= 11 is 1.93. The van der Waals surface area contributed by atoms with Crippen molar-refractivity contribution in [1.29, 1.82) is 0 Å². The number of aromatic carboxylic acids is 1. The Kier molecular flexibility index (Phi) is 6.42. The number of nitrogens with two attached hydrogens (primary N) is 1. The van der Waals surface area contributed by atoms with Crippen LogP contribution in [0.1, 0.15) is 20.7 Å². The molecule has 0 amide bonds. The minimum atomic E-state index is -1.34. The van der Waals surface area contributed by atoms with Crippen molar-refractivity contribution in [2.75, 3.05) is 10.2 Å². The summed E-state index contributed by atoms with van der Waals surface area (Å²) in [5, 5.41) is 10.5. The number of alkyl halides is 1. The van der Waals surface area contributed by atoms with E-state index >= 15 is 0 Å². The zero-order valence-electron chi connectivity index (χ0n) is 8.12. The van der Waals surface area contributed by atoms with Gasteiger partial charge in [0, 0.05) is 16.8 Å². The Balaban J connectivity index is 0.00000196. The molecule has 1 aromatic carbocycles. The number of hydrogen-bond donors (Lipinski definition) is 1. The minimum Gasteiger partial charge on any atom is -0.545 e. The summed E-state index contributed by atoms with van der Waals surface area (Å²) in [4.78, 5) is 21.7. The third-order valence-corrected chi connectivity index (χ3v) is 2.41. The summed E-state index contributed by atoms with van der Waals surface area (Å²) in [5.74, 6) is -1.42. The van der Waals surface area contributed by atoms with Gasteiger partial charge in [-0.3, -0.25) is 4.79 Å². The molecule has 1 aromatic rings. The molecule has 4 nitrogen and oxygen atoms in total. The molecular formula is C9H7INNaO3. The molecule has 15 heavy (non-hydrogen) atoms. The van der Waals surface area contributed by atoms with E-state index in [0.29, 0.717) is 9.99 Å². The van der Waals surface area contributed by atoms with E-state index in [9.17, 15) is 14.7 Å². The molecule has 0 fully saturated rings. The predicted molar refractivity (Wildman–Crippen MR) is 58.4 cm³/mol. The maximum atomic E-state index is 11.2. The van der Waals surface area contributed by atoms with Crippen LogP contribution in [0.2, 0.25) is 0 Å². The Morgan fingerprint density at radius 2 is 2.00 bits per heavy atom. The molecule has 1 rings (SSSR count). The largest absolute Gasteiger partial charge is 1.00 e. The van der Waals surface area contributed by atoms with Gasteiger partial charge in [0.15, 0.2) is 5.78 Å². The monoisotopic (exact) mass is 327 g/mol. The van der Waals surface area contributed by atoms with Gasteiger partial charge in [-0.2, -0.15) is 0 Å². The fourth-order valence-electron chi connectivity index (χ4n) is 0.999. The number of anilines is 1. The van der Waals surface area contributed by atoms with Crippen molar-refractivity contribution in [2.45, 2.75) is 0 Å². The molecule has 0 atom stereocenters. The number of carboxylic acids is 1. The third kappa shape index (κ3) is 3.75. The smallest absolute Gasteiger partial charge is 0.545 e. The van der Waals surface area contributed by atoms with Gasteiger partial charge < -0.3 is 15.6 Å². The van der Waals surface area contributed by atoms with Gasteiger partial charge in [0.05, 0.1) is 10.4 Å². The van der Waals surface area contributed by atoms with Gasteiger partial charge in [-0.1, -0.05) is 34.7 Å². The Bertz CT molecular complexity index is 395. The van der Waals surface area contributed by atoms with E-state index in [1.54, 1.807) is 0 Å². The number of hydrogen-bond acceptors (Lipinski definition) is 4. The van der Waals surface area contributed by atoms with Crippen molar-refractivity contribution < 1.29 is 44.3 Å². The molecule has 0 radical (unpaired) electrons. The van der Waals surface area contributed by atoms with Crippen LogP contribution in [0.3, 0.4) is 0 Å². The molecule has 0 spiro atoms. The Morgan fingerprint density at radius 1 is 1.40 bits per heavy atom. The normalized spacial score (nSPS) is 9.13. The Morgan fingerprint density at radius 3 is 2.40 bits per heavy atom. The van der Waals surface area contributed by atoms with Crippen LogP contribution >= 0.6 is 22.6 Å². The standard InChI is InChI=1S/C9H8INO3.Na/c10-4-8(12)5-1-2-6(9(13)14)7(11)3-5;/h1-3H,4,11H2,(H,13,14);/q;+1/p-1. The number of rotatable bonds is 3. The second-order valence-electron chi connectivity index (χ2n) is 2.65. The summed E-state index contributed by atoms with van der Waals surface area (Å²) in [6.07, 6.45) is 0. The molecule has 0 aromatic heterocycles. The van der Waals surface area contributed by atoms with Crippen LogP contribution in [-0.2, 0) is 0 Å². The van der Waals surface area contributed by atoms with Crippen molar-refractivity contribution >= 4 is 40.0 Å². The number of halogens is 1. The van der Waals surface area contributed by atoms with Crippen molar-refractivity contribution in [3.8, 4) is 0 Å². The molecule has 0 unspecified atom stereocenters. The first-order chi connectivity index (χ1) is 6.56.